The third-order valence-corrected chi connectivity index (χ3v) is 6.47. The number of piperazine rings is 1. The zero-order valence-electron chi connectivity index (χ0n) is 18.9. The van der Waals surface area contributed by atoms with Crippen molar-refractivity contribution >= 4 is 22.8 Å². The molecule has 2 amide bonds. The van der Waals surface area contributed by atoms with Crippen LogP contribution in [0.25, 0.3) is 16.7 Å². The Bertz CT molecular complexity index is 1150. The van der Waals surface area contributed by atoms with Gasteiger partial charge >= 0.3 is 0 Å². The van der Waals surface area contributed by atoms with Gasteiger partial charge < -0.3 is 14.5 Å². The van der Waals surface area contributed by atoms with Crippen LogP contribution < -0.4 is 0 Å². The van der Waals surface area contributed by atoms with E-state index in [0.717, 1.165) is 35.6 Å². The molecule has 0 N–H and O–H groups in total. The lowest BCUT2D eigenvalue weighted by Gasteiger charge is -2.36. The summed E-state index contributed by atoms with van der Waals surface area (Å²) in [7, 11) is 0. The number of para-hydroxylation sites is 1. The Labute approximate surface area is 193 Å². The molecule has 172 valence electrons. The molecule has 5 rings (SSSR count). The molecular weight excluding hydrogens is 418 g/mol. The third-order valence-electron chi connectivity index (χ3n) is 6.47. The van der Waals surface area contributed by atoms with E-state index in [1.807, 2.05) is 65.3 Å². The first-order valence-corrected chi connectivity index (χ1v) is 11.5. The van der Waals surface area contributed by atoms with Crippen molar-refractivity contribution in [1.29, 1.82) is 0 Å². The number of aromatic nitrogens is 2. The second kappa shape index (κ2) is 9.33. The first-order chi connectivity index (χ1) is 16.1. The van der Waals surface area contributed by atoms with Crippen LogP contribution in [0, 0.1) is 6.92 Å². The molecule has 0 bridgehead atoms. The van der Waals surface area contributed by atoms with Crippen LogP contribution in [0.4, 0.5) is 0 Å². The molecule has 2 aromatic carbocycles. The Hall–Kier alpha value is -3.23. The Morgan fingerprint density at radius 3 is 2.33 bits per heavy atom. The van der Waals surface area contributed by atoms with Gasteiger partial charge in [0.05, 0.1) is 30.8 Å². The highest BCUT2D eigenvalue weighted by atomic mass is 16.5. The van der Waals surface area contributed by atoms with E-state index in [2.05, 4.69) is 9.47 Å². The largest absolute Gasteiger partial charge is 0.379 e. The zero-order chi connectivity index (χ0) is 22.8. The molecule has 3 aromatic rings. The van der Waals surface area contributed by atoms with Gasteiger partial charge in [-0.25, -0.2) is 4.98 Å². The lowest BCUT2D eigenvalue weighted by Crippen LogP contribution is -2.53. The van der Waals surface area contributed by atoms with E-state index < -0.39 is 0 Å². The SMILES string of the molecule is Cc1nc2cc(C(=O)N3CCN(C(=O)CN4CCOCC4)CC3)ccc2n1-c1ccccc1. The molecule has 0 spiro atoms. The second-order valence-corrected chi connectivity index (χ2v) is 8.59. The number of amides is 2. The van der Waals surface area contributed by atoms with Gasteiger partial charge in [0.2, 0.25) is 5.91 Å². The van der Waals surface area contributed by atoms with Gasteiger partial charge in [-0.05, 0) is 37.3 Å². The Morgan fingerprint density at radius 2 is 1.61 bits per heavy atom. The van der Waals surface area contributed by atoms with E-state index in [1.165, 1.54) is 0 Å². The summed E-state index contributed by atoms with van der Waals surface area (Å²) >= 11 is 0. The van der Waals surface area contributed by atoms with Gasteiger partial charge in [-0.2, -0.15) is 0 Å². The van der Waals surface area contributed by atoms with Gasteiger partial charge in [0, 0.05) is 50.5 Å². The number of ether oxygens (including phenoxy) is 1. The predicted molar refractivity (Wildman–Crippen MR) is 126 cm³/mol. The standard InChI is InChI=1S/C25H29N5O3/c1-19-26-22-17-20(7-8-23(22)30(19)21-5-3-2-4-6-21)25(32)29-11-9-28(10-12-29)24(31)18-27-13-15-33-16-14-27/h2-8,17H,9-16,18H2,1H3. The highest BCUT2D eigenvalue weighted by molar-refractivity contribution is 5.98. The van der Waals surface area contributed by atoms with E-state index in [9.17, 15) is 9.59 Å². The first kappa shape index (κ1) is 21.6. The molecule has 0 atom stereocenters. The highest BCUT2D eigenvalue weighted by Gasteiger charge is 2.26. The fourth-order valence-corrected chi connectivity index (χ4v) is 4.63. The van der Waals surface area contributed by atoms with Crippen molar-refractivity contribution in [2.45, 2.75) is 6.92 Å². The van der Waals surface area contributed by atoms with Gasteiger partial charge in [0.25, 0.3) is 5.91 Å². The monoisotopic (exact) mass is 447 g/mol. The molecule has 0 saturated carbocycles. The van der Waals surface area contributed by atoms with Crippen molar-refractivity contribution in [2.24, 2.45) is 0 Å². The number of imidazole rings is 1. The molecule has 2 aliphatic heterocycles. The van der Waals surface area contributed by atoms with Crippen LogP contribution in [0.3, 0.4) is 0 Å². The number of carbonyl (C=O) groups is 2. The van der Waals surface area contributed by atoms with Crippen molar-refractivity contribution < 1.29 is 14.3 Å². The lowest BCUT2D eigenvalue weighted by molar-refractivity contribution is -0.134. The smallest absolute Gasteiger partial charge is 0.254 e. The van der Waals surface area contributed by atoms with Crippen molar-refractivity contribution in [3.8, 4) is 5.69 Å². The van der Waals surface area contributed by atoms with Gasteiger partial charge in [-0.1, -0.05) is 18.2 Å². The predicted octanol–water partition coefficient (Wildman–Crippen LogP) is 1.95. The first-order valence-electron chi connectivity index (χ1n) is 11.5. The second-order valence-electron chi connectivity index (χ2n) is 8.59. The van der Waals surface area contributed by atoms with E-state index in [1.54, 1.807) is 0 Å². The van der Waals surface area contributed by atoms with Gasteiger partial charge in [-0.3, -0.25) is 19.1 Å². The van der Waals surface area contributed by atoms with E-state index in [4.69, 9.17) is 9.72 Å². The maximum absolute atomic E-state index is 13.2. The van der Waals surface area contributed by atoms with Crippen LogP contribution in [-0.2, 0) is 9.53 Å². The topological polar surface area (TPSA) is 70.9 Å². The molecular formula is C25H29N5O3. The zero-order valence-corrected chi connectivity index (χ0v) is 18.9. The summed E-state index contributed by atoms with van der Waals surface area (Å²) in [4.78, 5) is 36.3. The fraction of sp³-hybridized carbons (Fsp3) is 0.400. The molecule has 0 aliphatic carbocycles. The minimum Gasteiger partial charge on any atom is -0.379 e. The van der Waals surface area contributed by atoms with Crippen molar-refractivity contribution in [2.75, 3.05) is 59.0 Å². The number of benzene rings is 2. The molecule has 0 unspecified atom stereocenters. The Morgan fingerprint density at radius 1 is 0.909 bits per heavy atom. The molecule has 2 aliphatic rings. The number of aryl methyl sites for hydroxylation is 1. The average molecular weight is 448 g/mol. The summed E-state index contributed by atoms with van der Waals surface area (Å²) < 4.78 is 7.45. The summed E-state index contributed by atoms with van der Waals surface area (Å²) in [6.07, 6.45) is 0. The van der Waals surface area contributed by atoms with Crippen LogP contribution >= 0.6 is 0 Å². The maximum atomic E-state index is 13.2. The van der Waals surface area contributed by atoms with Crippen LogP contribution in [0.1, 0.15) is 16.2 Å². The molecule has 33 heavy (non-hydrogen) atoms. The van der Waals surface area contributed by atoms with Crippen LogP contribution in [0.15, 0.2) is 48.5 Å². The van der Waals surface area contributed by atoms with E-state index in [0.29, 0.717) is 51.5 Å². The lowest BCUT2D eigenvalue weighted by atomic mass is 10.1. The highest BCUT2D eigenvalue weighted by Crippen LogP contribution is 2.23. The third kappa shape index (κ3) is 4.49. The fourth-order valence-electron chi connectivity index (χ4n) is 4.63. The summed E-state index contributed by atoms with van der Waals surface area (Å²) in [6.45, 7) is 7.59. The van der Waals surface area contributed by atoms with Gasteiger partial charge in [0.15, 0.2) is 0 Å². The van der Waals surface area contributed by atoms with Gasteiger partial charge in [0.1, 0.15) is 5.82 Å². The normalized spacial score (nSPS) is 17.5. The van der Waals surface area contributed by atoms with Crippen LogP contribution in [0.5, 0.6) is 0 Å². The van der Waals surface area contributed by atoms with Crippen LogP contribution in [-0.4, -0.2) is 95.1 Å². The molecule has 8 heteroatoms. The Kier molecular flexibility index (Phi) is 6.11. The minimum absolute atomic E-state index is 0.0101. The minimum atomic E-state index is -0.0101. The summed E-state index contributed by atoms with van der Waals surface area (Å²) in [5.74, 6) is 1.00. The van der Waals surface area contributed by atoms with Crippen molar-refractivity contribution in [3.63, 3.8) is 0 Å². The number of hydrogen-bond acceptors (Lipinski definition) is 5. The molecule has 3 heterocycles. The quantitative estimate of drug-likeness (QED) is 0.612. The average Bonchev–Trinajstić information content (AvgIpc) is 3.19. The molecule has 8 nitrogen and oxygen atoms in total. The number of hydrogen-bond donors (Lipinski definition) is 0. The number of fused-ring (bicyclic) bond motifs is 1. The maximum Gasteiger partial charge on any atom is 0.254 e. The van der Waals surface area contributed by atoms with Gasteiger partial charge in [-0.15, -0.1) is 0 Å². The van der Waals surface area contributed by atoms with Crippen molar-refractivity contribution in [3.05, 3.63) is 59.9 Å². The molecule has 1 aromatic heterocycles. The van der Waals surface area contributed by atoms with Crippen molar-refractivity contribution in [1.82, 2.24) is 24.3 Å². The van der Waals surface area contributed by atoms with Crippen LogP contribution in [0.2, 0.25) is 0 Å². The number of rotatable bonds is 4. The molecule has 0 radical (unpaired) electrons. The number of morpholine rings is 1. The summed E-state index contributed by atoms with van der Waals surface area (Å²) in [6, 6.07) is 15.8. The summed E-state index contributed by atoms with van der Waals surface area (Å²) in [5.41, 5.74) is 3.47. The molecule has 2 fully saturated rings. The van der Waals surface area contributed by atoms with E-state index >= 15 is 0 Å². The summed E-state index contributed by atoms with van der Waals surface area (Å²) in [5, 5.41) is 0. The molecule has 2 saturated heterocycles. The number of carbonyl (C=O) groups excluding carboxylic acids is 2. The Balaban J connectivity index is 1.24. The van der Waals surface area contributed by atoms with E-state index in [-0.39, 0.29) is 11.8 Å². The number of nitrogens with zero attached hydrogens (tertiary/aromatic N) is 5.